The highest BCUT2D eigenvalue weighted by Crippen LogP contribution is 2.26. The normalized spacial score (nSPS) is 12.4. The molecule has 0 aliphatic heterocycles. The first-order chi connectivity index (χ1) is 8.67. The largest absolute Gasteiger partial charge is 0.490 e. The van der Waals surface area contributed by atoms with Gasteiger partial charge in [-0.1, -0.05) is 13.0 Å². The van der Waals surface area contributed by atoms with Crippen molar-refractivity contribution < 1.29 is 9.47 Å². The number of methoxy groups -OCH3 is 1. The van der Waals surface area contributed by atoms with Crippen LogP contribution in [0.5, 0.6) is 5.75 Å². The van der Waals surface area contributed by atoms with Gasteiger partial charge in [-0.2, -0.15) is 0 Å². The highest BCUT2D eigenvalue weighted by Gasteiger charge is 2.05. The zero-order valence-electron chi connectivity index (χ0n) is 11.3. The van der Waals surface area contributed by atoms with E-state index in [1.54, 1.807) is 7.11 Å². The molecule has 4 heteroatoms. The summed E-state index contributed by atoms with van der Waals surface area (Å²) in [5, 5.41) is 3.38. The van der Waals surface area contributed by atoms with Crippen molar-refractivity contribution in [2.75, 3.05) is 20.3 Å². The van der Waals surface area contributed by atoms with Gasteiger partial charge in [0.05, 0.1) is 10.6 Å². The minimum Gasteiger partial charge on any atom is -0.490 e. The van der Waals surface area contributed by atoms with E-state index in [2.05, 4.69) is 40.3 Å². The van der Waals surface area contributed by atoms with Crippen LogP contribution in [0.1, 0.15) is 25.8 Å². The fourth-order valence-electron chi connectivity index (χ4n) is 1.46. The minimum atomic E-state index is 0.0998. The molecule has 0 spiro atoms. The highest BCUT2D eigenvalue weighted by molar-refractivity contribution is 9.10. The second kappa shape index (κ2) is 8.51. The molecule has 0 fully saturated rings. The Bertz CT molecular complexity index is 358. The lowest BCUT2D eigenvalue weighted by atomic mass is 10.2. The van der Waals surface area contributed by atoms with Crippen molar-refractivity contribution in [2.24, 2.45) is 0 Å². The quantitative estimate of drug-likeness (QED) is 0.746. The fourth-order valence-corrected chi connectivity index (χ4v) is 2.00. The maximum atomic E-state index is 5.68. The Morgan fingerprint density at radius 1 is 1.39 bits per heavy atom. The van der Waals surface area contributed by atoms with Crippen LogP contribution in [0, 0.1) is 0 Å². The van der Waals surface area contributed by atoms with Crippen LogP contribution in [-0.4, -0.2) is 26.4 Å². The molecule has 3 nitrogen and oxygen atoms in total. The molecule has 1 N–H and O–H groups in total. The van der Waals surface area contributed by atoms with Gasteiger partial charge in [0.2, 0.25) is 0 Å². The van der Waals surface area contributed by atoms with Gasteiger partial charge in [-0.25, -0.2) is 0 Å². The monoisotopic (exact) mass is 315 g/mol. The highest BCUT2D eigenvalue weighted by atomic mass is 79.9. The third-order valence-corrected chi connectivity index (χ3v) is 3.25. The molecule has 0 saturated carbocycles. The van der Waals surface area contributed by atoms with Crippen LogP contribution in [0.2, 0.25) is 0 Å². The molecule has 1 unspecified atom stereocenters. The average Bonchev–Trinajstić information content (AvgIpc) is 2.37. The summed E-state index contributed by atoms with van der Waals surface area (Å²) in [5.41, 5.74) is 1.25. The number of nitrogens with one attached hydrogen (secondary N) is 1. The minimum absolute atomic E-state index is 0.0998. The third-order valence-electron chi connectivity index (χ3n) is 2.63. The Labute approximate surface area is 118 Å². The van der Waals surface area contributed by atoms with Crippen LogP contribution in [-0.2, 0) is 11.3 Å². The van der Waals surface area contributed by atoms with Crippen LogP contribution in [0.3, 0.4) is 0 Å². The lowest BCUT2D eigenvalue weighted by Crippen LogP contribution is -2.16. The predicted octanol–water partition coefficient (Wildman–Crippen LogP) is 3.36. The van der Waals surface area contributed by atoms with Gasteiger partial charge in [0.25, 0.3) is 0 Å². The summed E-state index contributed by atoms with van der Waals surface area (Å²) in [7, 11) is 1.69. The molecule has 0 aromatic heterocycles. The molecular weight excluding hydrogens is 294 g/mol. The second-order valence-electron chi connectivity index (χ2n) is 4.30. The Kier molecular flexibility index (Phi) is 7.32. The van der Waals surface area contributed by atoms with E-state index in [0.717, 1.165) is 29.7 Å². The number of halogens is 1. The summed E-state index contributed by atoms with van der Waals surface area (Å²) in [6, 6.07) is 6.17. The van der Waals surface area contributed by atoms with Crippen molar-refractivity contribution in [1.82, 2.24) is 5.32 Å². The molecule has 102 valence electrons. The maximum absolute atomic E-state index is 5.68. The molecule has 0 aliphatic rings. The first kappa shape index (κ1) is 15.5. The molecule has 18 heavy (non-hydrogen) atoms. The van der Waals surface area contributed by atoms with E-state index < -0.39 is 0 Å². The molecule has 0 aliphatic carbocycles. The SMILES string of the molecule is CCCNCc1ccc(OCC(C)OC)c(Br)c1. The molecule has 0 amide bonds. The topological polar surface area (TPSA) is 30.5 Å². The first-order valence-electron chi connectivity index (χ1n) is 6.32. The Hall–Kier alpha value is -0.580. The summed E-state index contributed by atoms with van der Waals surface area (Å²) in [6.07, 6.45) is 1.25. The third kappa shape index (κ3) is 5.38. The van der Waals surface area contributed by atoms with Gasteiger partial charge < -0.3 is 14.8 Å². The van der Waals surface area contributed by atoms with E-state index in [0.29, 0.717) is 6.61 Å². The average molecular weight is 316 g/mol. The van der Waals surface area contributed by atoms with E-state index in [9.17, 15) is 0 Å². The van der Waals surface area contributed by atoms with Crippen molar-refractivity contribution in [3.05, 3.63) is 28.2 Å². The van der Waals surface area contributed by atoms with Crippen LogP contribution in [0.15, 0.2) is 22.7 Å². The first-order valence-corrected chi connectivity index (χ1v) is 7.11. The summed E-state index contributed by atoms with van der Waals surface area (Å²) in [5.74, 6) is 0.859. The van der Waals surface area contributed by atoms with Gasteiger partial charge in [0, 0.05) is 13.7 Å². The van der Waals surface area contributed by atoms with Gasteiger partial charge in [-0.15, -0.1) is 0 Å². The van der Waals surface area contributed by atoms with Crippen molar-refractivity contribution in [1.29, 1.82) is 0 Å². The lowest BCUT2D eigenvalue weighted by molar-refractivity contribution is 0.0714. The van der Waals surface area contributed by atoms with E-state index in [-0.39, 0.29) is 6.10 Å². The van der Waals surface area contributed by atoms with Gasteiger partial charge in [-0.3, -0.25) is 0 Å². The van der Waals surface area contributed by atoms with Crippen molar-refractivity contribution >= 4 is 15.9 Å². The van der Waals surface area contributed by atoms with Gasteiger partial charge in [-0.05, 0) is 53.5 Å². The molecule has 0 saturated heterocycles. The fraction of sp³-hybridized carbons (Fsp3) is 0.571. The number of benzene rings is 1. The summed E-state index contributed by atoms with van der Waals surface area (Å²) >= 11 is 3.53. The molecular formula is C14H22BrNO2. The van der Waals surface area contributed by atoms with E-state index in [1.165, 1.54) is 5.56 Å². The smallest absolute Gasteiger partial charge is 0.133 e. The Morgan fingerprint density at radius 3 is 2.78 bits per heavy atom. The van der Waals surface area contributed by atoms with Crippen LogP contribution in [0.4, 0.5) is 0 Å². The van der Waals surface area contributed by atoms with Crippen molar-refractivity contribution in [3.8, 4) is 5.75 Å². The molecule has 0 heterocycles. The second-order valence-corrected chi connectivity index (χ2v) is 5.15. The van der Waals surface area contributed by atoms with Crippen molar-refractivity contribution in [3.63, 3.8) is 0 Å². The van der Waals surface area contributed by atoms with Crippen LogP contribution < -0.4 is 10.1 Å². The van der Waals surface area contributed by atoms with Gasteiger partial charge in [0.15, 0.2) is 0 Å². The van der Waals surface area contributed by atoms with E-state index >= 15 is 0 Å². The molecule has 1 atom stereocenters. The standard InChI is InChI=1S/C14H22BrNO2/c1-4-7-16-9-12-5-6-14(13(15)8-12)18-10-11(2)17-3/h5-6,8,11,16H,4,7,9-10H2,1-3H3. The zero-order chi connectivity index (χ0) is 13.4. The number of hydrogen-bond acceptors (Lipinski definition) is 3. The molecule has 1 rings (SSSR count). The predicted molar refractivity (Wildman–Crippen MR) is 78.1 cm³/mol. The number of rotatable bonds is 8. The Morgan fingerprint density at radius 2 is 2.17 bits per heavy atom. The van der Waals surface area contributed by atoms with Crippen LogP contribution in [0.25, 0.3) is 0 Å². The van der Waals surface area contributed by atoms with E-state index in [1.807, 2.05) is 13.0 Å². The van der Waals surface area contributed by atoms with E-state index in [4.69, 9.17) is 9.47 Å². The molecule has 0 radical (unpaired) electrons. The summed E-state index contributed by atoms with van der Waals surface area (Å²) in [6.45, 7) is 6.64. The Balaban J connectivity index is 2.51. The maximum Gasteiger partial charge on any atom is 0.133 e. The number of hydrogen-bond donors (Lipinski definition) is 1. The summed E-state index contributed by atoms with van der Waals surface area (Å²) < 4.78 is 11.8. The molecule has 1 aromatic rings. The summed E-state index contributed by atoms with van der Waals surface area (Å²) in [4.78, 5) is 0. The van der Waals surface area contributed by atoms with Gasteiger partial charge in [0.1, 0.15) is 12.4 Å². The van der Waals surface area contributed by atoms with Crippen LogP contribution >= 0.6 is 15.9 Å². The molecule has 0 bridgehead atoms. The zero-order valence-corrected chi connectivity index (χ0v) is 12.9. The molecule has 1 aromatic carbocycles. The van der Waals surface area contributed by atoms with Crippen molar-refractivity contribution in [2.45, 2.75) is 32.9 Å². The lowest BCUT2D eigenvalue weighted by Gasteiger charge is -2.13. The van der Waals surface area contributed by atoms with Gasteiger partial charge >= 0.3 is 0 Å². The number of ether oxygens (including phenoxy) is 2.